The number of benzene rings is 2. The normalized spacial score (nSPS) is 11.0. The van der Waals surface area contributed by atoms with Gasteiger partial charge in [0.25, 0.3) is 0 Å². The van der Waals surface area contributed by atoms with Crippen LogP contribution in [0.15, 0.2) is 48.5 Å². The summed E-state index contributed by atoms with van der Waals surface area (Å²) >= 11 is 11.9. The van der Waals surface area contributed by atoms with Crippen LogP contribution in [-0.4, -0.2) is 13.6 Å². The summed E-state index contributed by atoms with van der Waals surface area (Å²) in [6, 6.07) is 13.5. The van der Waals surface area contributed by atoms with E-state index in [-0.39, 0.29) is 0 Å². The lowest BCUT2D eigenvalue weighted by Crippen LogP contribution is -2.03. The zero-order valence-corrected chi connectivity index (χ0v) is 13.3. The summed E-state index contributed by atoms with van der Waals surface area (Å²) < 4.78 is 5.73. The van der Waals surface area contributed by atoms with Gasteiger partial charge in [-0.05, 0) is 42.4 Å². The van der Waals surface area contributed by atoms with E-state index in [1.165, 1.54) is 0 Å². The molecule has 2 nitrogen and oxygen atoms in total. The predicted molar refractivity (Wildman–Crippen MR) is 90.2 cm³/mol. The predicted octanol–water partition coefficient (Wildman–Crippen LogP) is 4.81. The van der Waals surface area contributed by atoms with Gasteiger partial charge in [0.2, 0.25) is 0 Å². The first-order chi connectivity index (χ1) is 10.2. The van der Waals surface area contributed by atoms with Crippen molar-refractivity contribution in [2.24, 2.45) is 0 Å². The fourth-order valence-electron chi connectivity index (χ4n) is 1.78. The average molecular weight is 322 g/mol. The first-order valence-electron chi connectivity index (χ1n) is 6.67. The van der Waals surface area contributed by atoms with Gasteiger partial charge in [-0.1, -0.05) is 53.6 Å². The molecule has 0 radical (unpaired) electrons. The number of likely N-dealkylation sites (N-methyl/N-ethyl adjacent to an activating group) is 1. The lowest BCUT2D eigenvalue weighted by Gasteiger charge is -2.07. The van der Waals surface area contributed by atoms with Crippen LogP contribution in [0.2, 0.25) is 10.0 Å². The van der Waals surface area contributed by atoms with Gasteiger partial charge >= 0.3 is 0 Å². The van der Waals surface area contributed by atoms with E-state index < -0.39 is 0 Å². The zero-order chi connectivity index (χ0) is 15.1. The molecule has 4 heteroatoms. The van der Waals surface area contributed by atoms with Crippen molar-refractivity contribution in [2.45, 2.75) is 6.61 Å². The maximum Gasteiger partial charge on any atom is 0.119 e. The summed E-state index contributed by atoms with van der Waals surface area (Å²) in [5.74, 6) is 0.826. The van der Waals surface area contributed by atoms with Gasteiger partial charge in [0.1, 0.15) is 12.4 Å². The monoisotopic (exact) mass is 321 g/mol. The summed E-state index contributed by atoms with van der Waals surface area (Å²) in [6.07, 6.45) is 4.14. The van der Waals surface area contributed by atoms with Crippen LogP contribution >= 0.6 is 23.2 Å². The first-order valence-corrected chi connectivity index (χ1v) is 7.42. The Bertz CT molecular complexity index is 609. The van der Waals surface area contributed by atoms with Crippen molar-refractivity contribution in [1.29, 1.82) is 0 Å². The van der Waals surface area contributed by atoms with Crippen LogP contribution < -0.4 is 10.1 Å². The molecule has 0 bridgehead atoms. The van der Waals surface area contributed by atoms with E-state index in [0.717, 1.165) is 23.4 Å². The number of ether oxygens (including phenoxy) is 1. The molecule has 0 unspecified atom stereocenters. The molecule has 0 saturated carbocycles. The molecule has 0 amide bonds. The fourth-order valence-corrected chi connectivity index (χ4v) is 2.10. The van der Waals surface area contributed by atoms with Gasteiger partial charge in [0, 0.05) is 6.54 Å². The lowest BCUT2D eigenvalue weighted by atomic mass is 10.2. The van der Waals surface area contributed by atoms with Crippen LogP contribution in [-0.2, 0) is 6.61 Å². The molecule has 0 aliphatic rings. The topological polar surface area (TPSA) is 21.3 Å². The van der Waals surface area contributed by atoms with Crippen LogP contribution in [0.1, 0.15) is 11.1 Å². The Morgan fingerprint density at radius 3 is 2.48 bits per heavy atom. The van der Waals surface area contributed by atoms with Crippen molar-refractivity contribution >= 4 is 29.3 Å². The second-order valence-electron chi connectivity index (χ2n) is 4.57. The molecule has 0 atom stereocenters. The maximum atomic E-state index is 5.98. The van der Waals surface area contributed by atoms with E-state index in [1.54, 1.807) is 6.07 Å². The van der Waals surface area contributed by atoms with Crippen molar-refractivity contribution < 1.29 is 4.74 Å². The molecular formula is C17H17Cl2NO. The van der Waals surface area contributed by atoms with E-state index in [9.17, 15) is 0 Å². The zero-order valence-electron chi connectivity index (χ0n) is 11.8. The number of halogens is 2. The Balaban J connectivity index is 1.92. The summed E-state index contributed by atoms with van der Waals surface area (Å²) in [5, 5.41) is 4.16. The first kappa shape index (κ1) is 15.9. The van der Waals surface area contributed by atoms with Crippen LogP contribution in [0.3, 0.4) is 0 Å². The van der Waals surface area contributed by atoms with Gasteiger partial charge in [-0.3, -0.25) is 0 Å². The minimum atomic E-state index is 0.464. The molecule has 0 spiro atoms. The molecule has 2 aromatic carbocycles. The van der Waals surface area contributed by atoms with Gasteiger partial charge in [-0.25, -0.2) is 0 Å². The van der Waals surface area contributed by atoms with E-state index >= 15 is 0 Å². The van der Waals surface area contributed by atoms with Gasteiger partial charge in [0.05, 0.1) is 10.0 Å². The third-order valence-corrected chi connectivity index (χ3v) is 3.64. The second-order valence-corrected chi connectivity index (χ2v) is 5.38. The second kappa shape index (κ2) is 8.08. The summed E-state index contributed by atoms with van der Waals surface area (Å²) in [4.78, 5) is 0. The average Bonchev–Trinajstić information content (AvgIpc) is 2.50. The number of hydrogen-bond acceptors (Lipinski definition) is 2. The summed E-state index contributed by atoms with van der Waals surface area (Å²) in [7, 11) is 1.92. The van der Waals surface area contributed by atoms with Crippen LogP contribution in [0, 0.1) is 0 Å². The molecular weight excluding hydrogens is 305 g/mol. The van der Waals surface area contributed by atoms with Crippen LogP contribution in [0.5, 0.6) is 5.75 Å². The largest absolute Gasteiger partial charge is 0.489 e. The number of rotatable bonds is 6. The van der Waals surface area contributed by atoms with E-state index in [2.05, 4.69) is 17.5 Å². The van der Waals surface area contributed by atoms with Gasteiger partial charge < -0.3 is 10.1 Å². The van der Waals surface area contributed by atoms with Crippen molar-refractivity contribution in [3.05, 3.63) is 69.7 Å². The summed E-state index contributed by atoms with van der Waals surface area (Å²) in [6.45, 7) is 1.32. The minimum absolute atomic E-state index is 0.464. The molecule has 0 fully saturated rings. The van der Waals surface area contributed by atoms with Crippen molar-refractivity contribution in [3.8, 4) is 5.75 Å². The lowest BCUT2D eigenvalue weighted by molar-refractivity contribution is 0.306. The highest BCUT2D eigenvalue weighted by Gasteiger charge is 2.00. The quantitative estimate of drug-likeness (QED) is 0.824. The molecule has 1 N–H and O–H groups in total. The highest BCUT2D eigenvalue weighted by Crippen LogP contribution is 2.23. The smallest absolute Gasteiger partial charge is 0.119 e. The molecule has 2 rings (SSSR count). The Morgan fingerprint density at radius 2 is 1.81 bits per heavy atom. The number of hydrogen-bond donors (Lipinski definition) is 1. The Kier molecular flexibility index (Phi) is 6.12. The highest BCUT2D eigenvalue weighted by molar-refractivity contribution is 6.42. The third-order valence-electron chi connectivity index (χ3n) is 2.90. The van der Waals surface area contributed by atoms with Gasteiger partial charge in [0.15, 0.2) is 0 Å². The maximum absolute atomic E-state index is 5.98. The van der Waals surface area contributed by atoms with E-state index in [4.69, 9.17) is 27.9 Å². The molecule has 2 aromatic rings. The minimum Gasteiger partial charge on any atom is -0.489 e. The molecule has 110 valence electrons. The number of nitrogens with one attached hydrogen (secondary N) is 1. The SMILES string of the molecule is CNCC=Cc1ccc(OCc2ccc(Cl)c(Cl)c2)cc1. The van der Waals surface area contributed by atoms with Crippen molar-refractivity contribution in [1.82, 2.24) is 5.32 Å². The van der Waals surface area contributed by atoms with Crippen LogP contribution in [0.25, 0.3) is 6.08 Å². The Labute approximate surface area is 135 Å². The fraction of sp³-hybridized carbons (Fsp3) is 0.176. The molecule has 21 heavy (non-hydrogen) atoms. The molecule has 0 aromatic heterocycles. The van der Waals surface area contributed by atoms with E-state index in [0.29, 0.717) is 16.7 Å². The standard InChI is InChI=1S/C17H17Cl2NO/c1-20-10-2-3-13-4-7-15(8-5-13)21-12-14-6-9-16(18)17(19)11-14/h2-9,11,20H,10,12H2,1H3. The third kappa shape index (κ3) is 5.09. The molecule has 0 saturated heterocycles. The Hall–Kier alpha value is -1.48. The van der Waals surface area contributed by atoms with Crippen molar-refractivity contribution in [3.63, 3.8) is 0 Å². The van der Waals surface area contributed by atoms with Gasteiger partial charge in [-0.2, -0.15) is 0 Å². The van der Waals surface area contributed by atoms with Crippen LogP contribution in [0.4, 0.5) is 0 Å². The van der Waals surface area contributed by atoms with Gasteiger partial charge in [-0.15, -0.1) is 0 Å². The van der Waals surface area contributed by atoms with E-state index in [1.807, 2.05) is 43.4 Å². The molecule has 0 aliphatic heterocycles. The summed E-state index contributed by atoms with van der Waals surface area (Å²) in [5.41, 5.74) is 2.13. The molecule has 0 heterocycles. The molecule has 0 aliphatic carbocycles. The van der Waals surface area contributed by atoms with Crippen molar-refractivity contribution in [2.75, 3.05) is 13.6 Å². The Morgan fingerprint density at radius 1 is 1.05 bits per heavy atom. The highest BCUT2D eigenvalue weighted by atomic mass is 35.5.